The summed E-state index contributed by atoms with van der Waals surface area (Å²) in [5.74, 6) is 5.42. The Morgan fingerprint density at radius 3 is 2.60 bits per heavy atom. The smallest absolute Gasteiger partial charge is 0.234 e. The summed E-state index contributed by atoms with van der Waals surface area (Å²) in [7, 11) is 0. The summed E-state index contributed by atoms with van der Waals surface area (Å²) in [6.07, 6.45) is 0.373. The largest absolute Gasteiger partial charge is 0.294 e. The normalized spacial score (nSPS) is 10.1. The van der Waals surface area contributed by atoms with Crippen LogP contribution in [0.2, 0.25) is 0 Å². The average Bonchev–Trinajstić information content (AvgIpc) is 2.16. The quantitative estimate of drug-likeness (QED) is 0.258. The van der Waals surface area contributed by atoms with Gasteiger partial charge in [0.1, 0.15) is 0 Å². The van der Waals surface area contributed by atoms with Gasteiger partial charge in [0.2, 0.25) is 5.91 Å². The van der Waals surface area contributed by atoms with Crippen LogP contribution in [0.25, 0.3) is 0 Å². The minimum Gasteiger partial charge on any atom is -0.294 e. The van der Waals surface area contributed by atoms with Crippen molar-refractivity contribution in [2.45, 2.75) is 25.4 Å². The highest BCUT2D eigenvalue weighted by molar-refractivity contribution is 7.99. The zero-order chi connectivity index (χ0) is 11.3. The molecule has 3 N–H and O–H groups in total. The van der Waals surface area contributed by atoms with Crippen LogP contribution in [0.4, 0.5) is 0 Å². The predicted molar refractivity (Wildman–Crippen MR) is 59.2 cm³/mol. The molecule has 0 aliphatic rings. The lowest BCUT2D eigenvalue weighted by atomic mass is 10.4. The lowest BCUT2D eigenvalue weighted by Crippen LogP contribution is -2.30. The first kappa shape index (κ1) is 11.9. The molecule has 0 bridgehead atoms. The van der Waals surface area contributed by atoms with Crippen LogP contribution >= 0.6 is 11.8 Å². The summed E-state index contributed by atoms with van der Waals surface area (Å²) in [4.78, 5) is 19.3. The highest BCUT2D eigenvalue weighted by Gasteiger charge is 2.02. The van der Waals surface area contributed by atoms with Gasteiger partial charge in [-0.1, -0.05) is 11.8 Å². The van der Waals surface area contributed by atoms with Crippen molar-refractivity contribution >= 4 is 17.7 Å². The molecule has 0 saturated carbocycles. The Labute approximate surface area is 92.8 Å². The number of thioether (sulfide) groups is 1. The number of aryl methyl sites for hydroxylation is 2. The number of nitrogens with two attached hydrogens (primary N) is 1. The van der Waals surface area contributed by atoms with Crippen molar-refractivity contribution in [1.29, 1.82) is 0 Å². The van der Waals surface area contributed by atoms with Crippen LogP contribution in [0.1, 0.15) is 17.8 Å². The molecule has 0 saturated heterocycles. The lowest BCUT2D eigenvalue weighted by molar-refractivity contribution is -0.120. The molecule has 15 heavy (non-hydrogen) atoms. The fraction of sp³-hybridized carbons (Fsp3) is 0.444. The molecule has 0 aromatic carbocycles. The van der Waals surface area contributed by atoms with E-state index in [2.05, 4.69) is 15.4 Å². The van der Waals surface area contributed by atoms with Crippen molar-refractivity contribution < 1.29 is 4.79 Å². The molecule has 1 aromatic heterocycles. The van der Waals surface area contributed by atoms with E-state index < -0.39 is 0 Å². The number of amides is 1. The summed E-state index contributed by atoms with van der Waals surface area (Å²) >= 11 is 1.45. The molecular formula is C9H14N4OS. The fourth-order valence-electron chi connectivity index (χ4n) is 1.07. The molecule has 0 spiro atoms. The van der Waals surface area contributed by atoms with Crippen LogP contribution in [0.15, 0.2) is 11.2 Å². The molecule has 0 aliphatic carbocycles. The molecule has 82 valence electrons. The highest BCUT2D eigenvalue weighted by atomic mass is 32.2. The molecule has 1 rings (SSSR count). The van der Waals surface area contributed by atoms with Gasteiger partial charge in [-0.25, -0.2) is 15.8 Å². The molecule has 0 radical (unpaired) electrons. The van der Waals surface area contributed by atoms with Crippen LogP contribution in [0.3, 0.4) is 0 Å². The van der Waals surface area contributed by atoms with E-state index in [1.165, 1.54) is 11.8 Å². The van der Waals surface area contributed by atoms with E-state index in [4.69, 9.17) is 5.84 Å². The number of carbonyl (C=O) groups is 1. The molecule has 1 aromatic rings. The molecule has 5 nitrogen and oxygen atoms in total. The summed E-state index contributed by atoms with van der Waals surface area (Å²) in [6, 6.07) is 1.91. The molecule has 0 unspecified atom stereocenters. The van der Waals surface area contributed by atoms with Gasteiger partial charge >= 0.3 is 0 Å². The summed E-state index contributed by atoms with van der Waals surface area (Å²) in [5, 5.41) is 0.706. The van der Waals surface area contributed by atoms with E-state index in [1.807, 2.05) is 19.9 Å². The third kappa shape index (κ3) is 4.26. The number of rotatable bonds is 4. The number of hydrazine groups is 1. The predicted octanol–water partition coefficient (Wildman–Crippen LogP) is 0.566. The molecule has 6 heteroatoms. The molecule has 0 aliphatic heterocycles. The van der Waals surface area contributed by atoms with Crippen molar-refractivity contribution in [3.05, 3.63) is 17.5 Å². The van der Waals surface area contributed by atoms with Gasteiger partial charge < -0.3 is 0 Å². The van der Waals surface area contributed by atoms with E-state index in [0.717, 1.165) is 11.4 Å². The first-order chi connectivity index (χ1) is 7.11. The van der Waals surface area contributed by atoms with E-state index in [-0.39, 0.29) is 5.91 Å². The van der Waals surface area contributed by atoms with Crippen LogP contribution < -0.4 is 11.3 Å². The summed E-state index contributed by atoms with van der Waals surface area (Å²) < 4.78 is 0. The number of carbonyl (C=O) groups excluding carboxylic acids is 1. The number of nitrogens with zero attached hydrogens (tertiary/aromatic N) is 2. The fourth-order valence-corrected chi connectivity index (χ4v) is 1.95. The second-order valence-corrected chi connectivity index (χ2v) is 4.16. The topological polar surface area (TPSA) is 80.9 Å². The van der Waals surface area contributed by atoms with Crippen molar-refractivity contribution in [3.8, 4) is 0 Å². The maximum absolute atomic E-state index is 10.8. The van der Waals surface area contributed by atoms with Gasteiger partial charge in [-0.05, 0) is 19.9 Å². The molecule has 1 heterocycles. The second kappa shape index (κ2) is 5.67. The van der Waals surface area contributed by atoms with Gasteiger partial charge in [-0.15, -0.1) is 0 Å². The Hall–Kier alpha value is -1.14. The number of aromatic nitrogens is 2. The Morgan fingerprint density at radius 2 is 2.07 bits per heavy atom. The van der Waals surface area contributed by atoms with Crippen molar-refractivity contribution in [3.63, 3.8) is 0 Å². The SMILES string of the molecule is Cc1cc(C)nc(SCCC(=O)NN)n1. The van der Waals surface area contributed by atoms with Crippen LogP contribution in [0, 0.1) is 13.8 Å². The lowest BCUT2D eigenvalue weighted by Gasteiger charge is -2.02. The standard InChI is InChI=1S/C9H14N4OS/c1-6-5-7(2)12-9(11-6)15-4-3-8(14)13-10/h5H,3-4,10H2,1-2H3,(H,13,14). The van der Waals surface area contributed by atoms with Gasteiger partial charge in [-0.3, -0.25) is 10.2 Å². The number of hydrogen-bond acceptors (Lipinski definition) is 5. The van der Waals surface area contributed by atoms with E-state index in [1.54, 1.807) is 0 Å². The maximum atomic E-state index is 10.8. The summed E-state index contributed by atoms with van der Waals surface area (Å²) in [5.41, 5.74) is 3.96. The Bertz CT molecular complexity index is 336. The third-order valence-corrected chi connectivity index (χ3v) is 2.53. The molecule has 0 atom stereocenters. The Kier molecular flexibility index (Phi) is 4.51. The molecule has 1 amide bonds. The zero-order valence-corrected chi connectivity index (χ0v) is 9.60. The number of nitrogens with one attached hydrogen (secondary N) is 1. The van der Waals surface area contributed by atoms with Crippen LogP contribution in [-0.4, -0.2) is 21.6 Å². The van der Waals surface area contributed by atoms with Crippen molar-refractivity contribution in [2.75, 3.05) is 5.75 Å². The minimum atomic E-state index is -0.174. The van der Waals surface area contributed by atoms with Crippen molar-refractivity contribution in [2.24, 2.45) is 5.84 Å². The first-order valence-corrected chi connectivity index (χ1v) is 5.55. The summed E-state index contributed by atoms with van der Waals surface area (Å²) in [6.45, 7) is 3.84. The van der Waals surface area contributed by atoms with Gasteiger partial charge in [0.05, 0.1) is 0 Å². The van der Waals surface area contributed by atoms with Crippen LogP contribution in [-0.2, 0) is 4.79 Å². The van der Waals surface area contributed by atoms with Gasteiger partial charge in [0.15, 0.2) is 5.16 Å². The highest BCUT2D eigenvalue weighted by Crippen LogP contribution is 2.14. The maximum Gasteiger partial charge on any atom is 0.234 e. The van der Waals surface area contributed by atoms with Gasteiger partial charge in [0, 0.05) is 23.6 Å². The van der Waals surface area contributed by atoms with Gasteiger partial charge in [-0.2, -0.15) is 0 Å². The molecule has 0 fully saturated rings. The van der Waals surface area contributed by atoms with Crippen molar-refractivity contribution in [1.82, 2.24) is 15.4 Å². The molecular weight excluding hydrogens is 212 g/mol. The average molecular weight is 226 g/mol. The first-order valence-electron chi connectivity index (χ1n) is 4.56. The second-order valence-electron chi connectivity index (χ2n) is 3.10. The third-order valence-electron chi connectivity index (χ3n) is 1.68. The Balaban J connectivity index is 2.47. The van der Waals surface area contributed by atoms with E-state index >= 15 is 0 Å². The van der Waals surface area contributed by atoms with E-state index in [9.17, 15) is 4.79 Å². The number of hydrogen-bond donors (Lipinski definition) is 2. The monoisotopic (exact) mass is 226 g/mol. The Morgan fingerprint density at radius 1 is 1.47 bits per heavy atom. The van der Waals surface area contributed by atoms with Crippen LogP contribution in [0.5, 0.6) is 0 Å². The van der Waals surface area contributed by atoms with E-state index in [0.29, 0.717) is 17.3 Å². The zero-order valence-electron chi connectivity index (χ0n) is 8.78. The van der Waals surface area contributed by atoms with Gasteiger partial charge in [0.25, 0.3) is 0 Å². The minimum absolute atomic E-state index is 0.174.